The third-order valence-corrected chi connectivity index (χ3v) is 1.84. The first kappa shape index (κ1) is 14.4. The van der Waals surface area contributed by atoms with Gasteiger partial charge in [-0.25, -0.2) is 0 Å². The smallest absolute Gasteiger partial charge is 0.00412 e. The van der Waals surface area contributed by atoms with Gasteiger partial charge in [-0.15, -0.1) is 0 Å². The Kier molecular flexibility index (Phi) is 13.1. The topological polar surface area (TPSA) is 52.5 Å². The molecule has 3 nitrogen and oxygen atoms in total. The minimum atomic E-state index is 0.763. The fourth-order valence-corrected chi connectivity index (χ4v) is 1.38. The number of hydrogen-bond acceptors (Lipinski definition) is 3. The Labute approximate surface area is 75.7 Å². The summed E-state index contributed by atoms with van der Waals surface area (Å²) in [6.07, 6.45) is 4.14. The number of hydrogen-bond donors (Lipinski definition) is 3. The van der Waals surface area contributed by atoms with E-state index in [-0.39, 0.29) is 0 Å². The van der Waals surface area contributed by atoms with Crippen LogP contribution >= 0.6 is 0 Å². The predicted octanol–water partition coefficient (Wildman–Crippen LogP) is 2.58. The summed E-state index contributed by atoms with van der Waals surface area (Å²) in [6.45, 7) is 8.52. The van der Waals surface area contributed by atoms with Crippen LogP contribution in [0.5, 0.6) is 0 Å². The van der Waals surface area contributed by atoms with Crippen LogP contribution in [0.1, 0.15) is 47.0 Å². The number of rotatable bonds is 0. The molecule has 1 unspecified atom stereocenters. The molecular weight excluding hydrogens is 154 g/mol. The fraction of sp³-hybridized carbons (Fsp3) is 1.00. The van der Waals surface area contributed by atoms with Crippen LogP contribution in [-0.4, -0.2) is 22.6 Å². The second-order valence-corrected chi connectivity index (χ2v) is 2.90. The Morgan fingerprint density at radius 2 is 1.33 bits per heavy atom. The average molecular weight is 177 g/mol. The summed E-state index contributed by atoms with van der Waals surface area (Å²) in [5.41, 5.74) is 0. The van der Waals surface area contributed by atoms with Gasteiger partial charge in [0.1, 0.15) is 0 Å². The van der Waals surface area contributed by atoms with Crippen LogP contribution in [0.3, 0.4) is 0 Å². The van der Waals surface area contributed by atoms with E-state index in [9.17, 15) is 0 Å². The molecule has 0 bridgehead atoms. The van der Waals surface area contributed by atoms with E-state index in [4.69, 9.17) is 10.5 Å². The highest BCUT2D eigenvalue weighted by molar-refractivity contribution is 4.73. The number of nitrogens with one attached hydrogen (secondary N) is 1. The Bertz CT molecular complexity index is 70.9. The van der Waals surface area contributed by atoms with Gasteiger partial charge in [0.05, 0.1) is 0 Å². The average Bonchev–Trinajstić information content (AvgIpc) is 2.11. The normalized spacial score (nSPS) is 27.5. The summed E-state index contributed by atoms with van der Waals surface area (Å²) in [4.78, 5) is 0. The van der Waals surface area contributed by atoms with Gasteiger partial charge in [-0.1, -0.05) is 20.3 Å². The highest BCUT2D eigenvalue weighted by Gasteiger charge is 2.11. The third-order valence-electron chi connectivity index (χ3n) is 1.84. The highest BCUT2D eigenvalue weighted by atomic mass is 17.0. The van der Waals surface area contributed by atoms with Crippen molar-refractivity contribution in [3.8, 4) is 0 Å². The zero-order valence-electron chi connectivity index (χ0n) is 8.67. The quantitative estimate of drug-likeness (QED) is 0.394. The second-order valence-electron chi connectivity index (χ2n) is 2.90. The van der Waals surface area contributed by atoms with Crippen LogP contribution in [0.15, 0.2) is 0 Å². The van der Waals surface area contributed by atoms with Crippen LogP contribution in [0.2, 0.25) is 0 Å². The largest absolute Gasteiger partial charge is 0.312 e. The summed E-state index contributed by atoms with van der Waals surface area (Å²) >= 11 is 0. The standard InChI is InChI=1S/C7H15N.C2H6.H2O2/c1-6-4-3-5-7(2)8-6;2*1-2/h6-8H,3-5H2,1-2H3;1-2H3;1-2H/t6-,7?;;/m0../s1. The monoisotopic (exact) mass is 177 g/mol. The summed E-state index contributed by atoms with van der Waals surface area (Å²) in [5, 5.41) is 15.5. The van der Waals surface area contributed by atoms with Gasteiger partial charge in [-0.05, 0) is 26.7 Å². The zero-order chi connectivity index (χ0) is 9.98. The van der Waals surface area contributed by atoms with E-state index in [1.165, 1.54) is 19.3 Å². The molecule has 0 aromatic carbocycles. The molecule has 1 aliphatic heterocycles. The SMILES string of the molecule is CC.CC1CCC[C@H](C)N1.OO. The van der Waals surface area contributed by atoms with Crippen molar-refractivity contribution in [1.82, 2.24) is 5.32 Å². The van der Waals surface area contributed by atoms with E-state index in [1.807, 2.05) is 13.8 Å². The Balaban J connectivity index is 0. The van der Waals surface area contributed by atoms with Gasteiger partial charge in [-0.2, -0.15) is 0 Å². The molecule has 0 aromatic rings. The first-order valence-electron chi connectivity index (χ1n) is 4.75. The molecule has 1 heterocycles. The molecule has 0 amide bonds. The van der Waals surface area contributed by atoms with Crippen molar-refractivity contribution in [1.29, 1.82) is 0 Å². The lowest BCUT2D eigenvalue weighted by Crippen LogP contribution is -2.38. The van der Waals surface area contributed by atoms with Gasteiger partial charge in [0.25, 0.3) is 0 Å². The van der Waals surface area contributed by atoms with E-state index in [0.29, 0.717) is 0 Å². The molecule has 3 N–H and O–H groups in total. The van der Waals surface area contributed by atoms with Gasteiger partial charge in [-0.3, -0.25) is 10.5 Å². The minimum Gasteiger partial charge on any atom is -0.312 e. The molecule has 1 rings (SSSR count). The van der Waals surface area contributed by atoms with Crippen molar-refractivity contribution < 1.29 is 10.5 Å². The van der Waals surface area contributed by atoms with Crippen LogP contribution < -0.4 is 5.32 Å². The first-order valence-corrected chi connectivity index (χ1v) is 4.75. The molecule has 1 saturated heterocycles. The number of piperidine rings is 1. The van der Waals surface area contributed by atoms with Gasteiger partial charge >= 0.3 is 0 Å². The maximum atomic E-state index is 6.00. The third kappa shape index (κ3) is 7.98. The molecule has 0 aliphatic carbocycles. The van der Waals surface area contributed by atoms with Gasteiger partial charge in [0, 0.05) is 12.1 Å². The minimum absolute atomic E-state index is 0.763. The molecule has 1 aliphatic rings. The predicted molar refractivity (Wildman–Crippen MR) is 52.5 cm³/mol. The van der Waals surface area contributed by atoms with Crippen molar-refractivity contribution in [3.63, 3.8) is 0 Å². The molecule has 0 spiro atoms. The zero-order valence-corrected chi connectivity index (χ0v) is 8.67. The fourth-order valence-electron chi connectivity index (χ4n) is 1.38. The van der Waals surface area contributed by atoms with Gasteiger partial charge in [0.15, 0.2) is 0 Å². The summed E-state index contributed by atoms with van der Waals surface area (Å²) in [7, 11) is 0. The molecule has 76 valence electrons. The van der Waals surface area contributed by atoms with Crippen molar-refractivity contribution in [2.45, 2.75) is 59.0 Å². The molecule has 0 radical (unpaired) electrons. The Morgan fingerprint density at radius 1 is 1.00 bits per heavy atom. The summed E-state index contributed by atoms with van der Waals surface area (Å²) in [5.74, 6) is 0. The van der Waals surface area contributed by atoms with E-state index >= 15 is 0 Å². The molecule has 1 fully saturated rings. The first-order chi connectivity index (χ1) is 5.79. The molecule has 3 heteroatoms. The van der Waals surface area contributed by atoms with Crippen molar-refractivity contribution in [2.24, 2.45) is 0 Å². The van der Waals surface area contributed by atoms with Crippen LogP contribution in [-0.2, 0) is 0 Å². The summed E-state index contributed by atoms with van der Waals surface area (Å²) < 4.78 is 0. The van der Waals surface area contributed by atoms with E-state index in [1.54, 1.807) is 0 Å². The summed E-state index contributed by atoms with van der Waals surface area (Å²) in [6, 6.07) is 1.53. The van der Waals surface area contributed by atoms with Crippen LogP contribution in [0, 0.1) is 0 Å². The van der Waals surface area contributed by atoms with Crippen LogP contribution in [0.25, 0.3) is 0 Å². The second kappa shape index (κ2) is 10.9. The Morgan fingerprint density at radius 3 is 1.50 bits per heavy atom. The molecular formula is C9H23NO2. The molecule has 0 saturated carbocycles. The lowest BCUT2D eigenvalue weighted by Gasteiger charge is -2.25. The maximum absolute atomic E-state index is 6.00. The highest BCUT2D eigenvalue weighted by Crippen LogP contribution is 2.10. The molecule has 12 heavy (non-hydrogen) atoms. The van der Waals surface area contributed by atoms with E-state index in [0.717, 1.165) is 12.1 Å². The van der Waals surface area contributed by atoms with E-state index in [2.05, 4.69) is 19.2 Å². The maximum Gasteiger partial charge on any atom is 0.00412 e. The molecule has 0 aromatic heterocycles. The Hall–Kier alpha value is -0.120. The van der Waals surface area contributed by atoms with E-state index < -0.39 is 0 Å². The lowest BCUT2D eigenvalue weighted by atomic mass is 10.0. The lowest BCUT2D eigenvalue weighted by molar-refractivity contribution is -0.176. The van der Waals surface area contributed by atoms with Crippen molar-refractivity contribution in [3.05, 3.63) is 0 Å². The molecule has 2 atom stereocenters. The van der Waals surface area contributed by atoms with Crippen molar-refractivity contribution in [2.75, 3.05) is 0 Å². The van der Waals surface area contributed by atoms with Crippen molar-refractivity contribution >= 4 is 0 Å². The van der Waals surface area contributed by atoms with Gasteiger partial charge < -0.3 is 5.32 Å². The van der Waals surface area contributed by atoms with Gasteiger partial charge in [0.2, 0.25) is 0 Å². The van der Waals surface area contributed by atoms with Crippen LogP contribution in [0.4, 0.5) is 0 Å².